The molecule has 0 aromatic carbocycles. The van der Waals surface area contributed by atoms with Crippen molar-refractivity contribution in [1.82, 2.24) is 15.3 Å². The van der Waals surface area contributed by atoms with Crippen molar-refractivity contribution in [1.29, 1.82) is 0 Å². The molecule has 0 saturated carbocycles. The van der Waals surface area contributed by atoms with E-state index in [9.17, 15) is 4.79 Å². The van der Waals surface area contributed by atoms with Crippen LogP contribution < -0.4 is 16.0 Å². The lowest BCUT2D eigenvalue weighted by Gasteiger charge is -2.38. The number of nitrogens with one attached hydrogen (secondary N) is 1. The predicted molar refractivity (Wildman–Crippen MR) is 60.2 cm³/mol. The van der Waals surface area contributed by atoms with Crippen molar-refractivity contribution in [2.75, 3.05) is 24.5 Å². The van der Waals surface area contributed by atoms with Gasteiger partial charge in [-0.25, -0.2) is 9.97 Å². The molecule has 0 bridgehead atoms. The van der Waals surface area contributed by atoms with Crippen molar-refractivity contribution in [2.45, 2.75) is 13.0 Å². The van der Waals surface area contributed by atoms with Crippen LogP contribution in [0, 0.1) is 0 Å². The summed E-state index contributed by atoms with van der Waals surface area (Å²) in [7, 11) is 0. The summed E-state index contributed by atoms with van der Waals surface area (Å²) in [6.07, 6.45) is 3.06. The van der Waals surface area contributed by atoms with Gasteiger partial charge in [-0.2, -0.15) is 0 Å². The Bertz CT molecular complexity index is 391. The van der Waals surface area contributed by atoms with Gasteiger partial charge in [0.25, 0.3) is 5.91 Å². The summed E-state index contributed by atoms with van der Waals surface area (Å²) in [5.74, 6) is 0.0535. The van der Waals surface area contributed by atoms with Crippen molar-refractivity contribution in [2.24, 2.45) is 5.73 Å². The van der Waals surface area contributed by atoms with Gasteiger partial charge >= 0.3 is 0 Å². The third-order valence-corrected chi connectivity index (χ3v) is 2.73. The Labute approximate surface area is 93.9 Å². The molecule has 0 aliphatic carbocycles. The SMILES string of the molecule is CCN(c1nccnc1C(N)=O)C1CNC1. The molecule has 1 amide bonds. The largest absolute Gasteiger partial charge is 0.364 e. The minimum absolute atomic E-state index is 0.247. The van der Waals surface area contributed by atoms with Crippen molar-refractivity contribution in [3.8, 4) is 0 Å². The first-order valence-electron chi connectivity index (χ1n) is 5.32. The summed E-state index contributed by atoms with van der Waals surface area (Å²) in [4.78, 5) is 21.5. The number of carbonyl (C=O) groups is 1. The van der Waals surface area contributed by atoms with Crippen molar-refractivity contribution in [3.63, 3.8) is 0 Å². The van der Waals surface area contributed by atoms with Gasteiger partial charge in [0.2, 0.25) is 0 Å². The molecule has 2 heterocycles. The van der Waals surface area contributed by atoms with Gasteiger partial charge in [-0.15, -0.1) is 0 Å². The number of nitrogens with zero attached hydrogens (tertiary/aromatic N) is 3. The molecule has 6 nitrogen and oxygen atoms in total. The number of rotatable bonds is 4. The highest BCUT2D eigenvalue weighted by molar-refractivity contribution is 5.95. The summed E-state index contributed by atoms with van der Waals surface area (Å²) < 4.78 is 0. The monoisotopic (exact) mass is 221 g/mol. The molecule has 1 aromatic heterocycles. The van der Waals surface area contributed by atoms with E-state index >= 15 is 0 Å². The first-order chi connectivity index (χ1) is 7.74. The Morgan fingerprint density at radius 2 is 2.25 bits per heavy atom. The molecule has 1 aromatic rings. The van der Waals surface area contributed by atoms with Gasteiger partial charge in [0.1, 0.15) is 0 Å². The van der Waals surface area contributed by atoms with E-state index in [1.807, 2.05) is 6.92 Å². The highest BCUT2D eigenvalue weighted by Gasteiger charge is 2.27. The van der Waals surface area contributed by atoms with Crippen LogP contribution in [0.3, 0.4) is 0 Å². The molecule has 6 heteroatoms. The van der Waals surface area contributed by atoms with Crippen molar-refractivity contribution < 1.29 is 4.79 Å². The molecular formula is C10H15N5O. The third kappa shape index (κ3) is 1.83. The van der Waals surface area contributed by atoms with Crippen molar-refractivity contribution >= 4 is 11.7 Å². The first-order valence-corrected chi connectivity index (χ1v) is 5.32. The minimum Gasteiger partial charge on any atom is -0.364 e. The number of likely N-dealkylation sites (N-methyl/N-ethyl adjacent to an activating group) is 1. The smallest absolute Gasteiger partial charge is 0.271 e. The maximum atomic E-state index is 11.2. The number of anilines is 1. The van der Waals surface area contributed by atoms with E-state index in [4.69, 9.17) is 5.73 Å². The van der Waals surface area contributed by atoms with Crippen LogP contribution in [0.4, 0.5) is 5.82 Å². The van der Waals surface area contributed by atoms with Gasteiger partial charge in [-0.05, 0) is 6.92 Å². The van der Waals surface area contributed by atoms with Crippen LogP contribution in [0.2, 0.25) is 0 Å². The molecule has 0 spiro atoms. The first kappa shape index (κ1) is 10.8. The lowest BCUT2D eigenvalue weighted by atomic mass is 10.1. The number of hydrogen-bond donors (Lipinski definition) is 2. The zero-order valence-electron chi connectivity index (χ0n) is 9.18. The molecular weight excluding hydrogens is 206 g/mol. The van der Waals surface area contributed by atoms with E-state index in [1.165, 1.54) is 6.20 Å². The lowest BCUT2D eigenvalue weighted by Crippen LogP contribution is -2.58. The van der Waals surface area contributed by atoms with Gasteiger partial charge in [-0.3, -0.25) is 4.79 Å². The van der Waals surface area contributed by atoms with Gasteiger partial charge in [0.15, 0.2) is 11.5 Å². The van der Waals surface area contributed by atoms with Crippen LogP contribution in [-0.4, -0.2) is 41.6 Å². The minimum atomic E-state index is -0.533. The summed E-state index contributed by atoms with van der Waals surface area (Å²) in [5.41, 5.74) is 5.53. The molecule has 2 rings (SSSR count). The van der Waals surface area contributed by atoms with Gasteiger partial charge in [0, 0.05) is 32.0 Å². The Morgan fingerprint density at radius 1 is 1.56 bits per heavy atom. The molecule has 0 radical (unpaired) electrons. The molecule has 3 N–H and O–H groups in total. The summed E-state index contributed by atoms with van der Waals surface area (Å²) in [5, 5.41) is 3.19. The van der Waals surface area contributed by atoms with Crippen LogP contribution in [0.15, 0.2) is 12.4 Å². The van der Waals surface area contributed by atoms with Crippen LogP contribution in [0.25, 0.3) is 0 Å². The number of amides is 1. The molecule has 0 unspecified atom stereocenters. The molecule has 1 fully saturated rings. The Balaban J connectivity index is 2.32. The van der Waals surface area contributed by atoms with E-state index in [-0.39, 0.29) is 5.69 Å². The Morgan fingerprint density at radius 3 is 2.75 bits per heavy atom. The highest BCUT2D eigenvalue weighted by Crippen LogP contribution is 2.18. The van der Waals surface area contributed by atoms with E-state index in [0.29, 0.717) is 11.9 Å². The Kier molecular flexibility index (Phi) is 3.00. The van der Waals surface area contributed by atoms with Crippen LogP contribution in [-0.2, 0) is 0 Å². The van der Waals surface area contributed by atoms with Gasteiger partial charge in [0.05, 0.1) is 6.04 Å². The molecule has 86 valence electrons. The van der Waals surface area contributed by atoms with E-state index in [0.717, 1.165) is 19.6 Å². The second kappa shape index (κ2) is 4.44. The zero-order chi connectivity index (χ0) is 11.5. The molecule has 1 aliphatic heterocycles. The molecule has 1 saturated heterocycles. The van der Waals surface area contributed by atoms with Crippen LogP contribution in [0.1, 0.15) is 17.4 Å². The van der Waals surface area contributed by atoms with Gasteiger partial charge < -0.3 is 16.0 Å². The van der Waals surface area contributed by atoms with Crippen LogP contribution >= 0.6 is 0 Å². The maximum Gasteiger partial charge on any atom is 0.271 e. The van der Waals surface area contributed by atoms with Gasteiger partial charge in [-0.1, -0.05) is 0 Å². The lowest BCUT2D eigenvalue weighted by molar-refractivity contribution is 0.0995. The Hall–Kier alpha value is -1.69. The van der Waals surface area contributed by atoms with Crippen LogP contribution in [0.5, 0.6) is 0 Å². The number of hydrogen-bond acceptors (Lipinski definition) is 5. The average molecular weight is 221 g/mol. The predicted octanol–water partition coefficient (Wildman–Crippen LogP) is -0.626. The number of aromatic nitrogens is 2. The summed E-state index contributed by atoms with van der Waals surface area (Å²) >= 11 is 0. The highest BCUT2D eigenvalue weighted by atomic mass is 16.1. The normalized spacial score (nSPS) is 15.6. The molecule has 16 heavy (non-hydrogen) atoms. The fourth-order valence-corrected chi connectivity index (χ4v) is 1.79. The fourth-order valence-electron chi connectivity index (χ4n) is 1.79. The number of carbonyl (C=O) groups excluding carboxylic acids is 1. The molecule has 0 atom stereocenters. The average Bonchev–Trinajstić information content (AvgIpc) is 2.23. The quantitative estimate of drug-likeness (QED) is 0.707. The second-order valence-corrected chi connectivity index (χ2v) is 3.69. The van der Waals surface area contributed by atoms with E-state index in [2.05, 4.69) is 20.2 Å². The van der Waals surface area contributed by atoms with Crippen molar-refractivity contribution in [3.05, 3.63) is 18.1 Å². The van der Waals surface area contributed by atoms with E-state index < -0.39 is 5.91 Å². The fraction of sp³-hybridized carbons (Fsp3) is 0.500. The summed E-state index contributed by atoms with van der Waals surface area (Å²) in [6, 6.07) is 0.375. The zero-order valence-corrected chi connectivity index (χ0v) is 9.18. The topological polar surface area (TPSA) is 84.1 Å². The standard InChI is InChI=1S/C10H15N5O/c1-2-15(7-5-12-6-7)10-8(9(11)16)13-3-4-14-10/h3-4,7,12H,2,5-6H2,1H3,(H2,11,16). The number of nitrogens with two attached hydrogens (primary N) is 1. The summed E-state index contributed by atoms with van der Waals surface area (Å²) in [6.45, 7) is 4.62. The number of primary amides is 1. The maximum absolute atomic E-state index is 11.2. The molecule has 1 aliphatic rings. The van der Waals surface area contributed by atoms with E-state index in [1.54, 1.807) is 6.20 Å². The third-order valence-electron chi connectivity index (χ3n) is 2.73. The second-order valence-electron chi connectivity index (χ2n) is 3.69.